The number of hydrogen-bond donors (Lipinski definition) is 1. The van der Waals surface area contributed by atoms with Gasteiger partial charge in [-0.2, -0.15) is 17.6 Å². The molecule has 0 N–H and O–H groups in total. The van der Waals surface area contributed by atoms with Gasteiger partial charge in [-0.05, 0) is 31.6 Å². The molecule has 0 aromatic carbocycles. The smallest absolute Gasteiger partial charge is 0.404 e. The third kappa shape index (κ3) is 3.41. The largest absolute Gasteiger partial charge is 0.458 e. The first-order chi connectivity index (χ1) is 12.0. The Hall–Kier alpha value is -1.39. The van der Waals surface area contributed by atoms with Crippen LogP contribution < -0.4 is 0 Å². The first-order valence-electron chi connectivity index (χ1n) is 8.31. The highest BCUT2D eigenvalue weighted by molar-refractivity contribution is 7.73. The summed E-state index contributed by atoms with van der Waals surface area (Å²) in [4.78, 5) is 23.8. The number of alkyl halides is 4. The van der Waals surface area contributed by atoms with Gasteiger partial charge in [-0.25, -0.2) is 8.42 Å². The molecule has 0 spiro atoms. The first kappa shape index (κ1) is 19.4. The predicted octanol–water partition coefficient (Wildman–Crippen LogP) is 1.88. The fourth-order valence-electron chi connectivity index (χ4n) is 4.19. The summed E-state index contributed by atoms with van der Waals surface area (Å²) in [6.45, 7) is 0. The van der Waals surface area contributed by atoms with Gasteiger partial charge in [0.2, 0.25) is 10.7 Å². The summed E-state index contributed by atoms with van der Waals surface area (Å²) in [6, 6.07) is 0. The van der Waals surface area contributed by atoms with Crippen LogP contribution in [0.15, 0.2) is 0 Å². The predicted molar refractivity (Wildman–Crippen MR) is 78.1 cm³/mol. The molecule has 2 saturated heterocycles. The highest BCUT2D eigenvalue weighted by Crippen LogP contribution is 2.48. The number of ether oxygens (including phenoxy) is 2. The van der Waals surface area contributed by atoms with Crippen molar-refractivity contribution in [3.8, 4) is 0 Å². The van der Waals surface area contributed by atoms with Crippen molar-refractivity contribution in [1.82, 2.24) is 0 Å². The van der Waals surface area contributed by atoms with Crippen LogP contribution in [0.5, 0.6) is 0 Å². The average molecular weight is 402 g/mol. The van der Waals surface area contributed by atoms with Gasteiger partial charge in [0.25, 0.3) is 0 Å². The molecule has 4 aliphatic rings. The number of carbonyl (C=O) groups excluding carboxylic acids is 2. The number of rotatable bonds is 6. The molecule has 2 aliphatic carbocycles. The molecule has 0 aromatic heterocycles. The second-order valence-corrected chi connectivity index (χ2v) is 8.27. The van der Waals surface area contributed by atoms with E-state index in [4.69, 9.17) is 9.47 Å². The van der Waals surface area contributed by atoms with Gasteiger partial charge >= 0.3 is 23.1 Å². The van der Waals surface area contributed by atoms with Crippen LogP contribution in [0.3, 0.4) is 0 Å². The maximum Gasteiger partial charge on any atom is 0.404 e. The summed E-state index contributed by atoms with van der Waals surface area (Å²) in [7, 11) is -4.69. The van der Waals surface area contributed by atoms with Crippen molar-refractivity contribution in [3.05, 3.63) is 0 Å². The molecule has 0 aromatic rings. The van der Waals surface area contributed by atoms with Gasteiger partial charge < -0.3 is 9.47 Å². The van der Waals surface area contributed by atoms with Crippen LogP contribution in [0.2, 0.25) is 0 Å². The highest BCUT2D eigenvalue weighted by atomic mass is 32.2. The molecule has 6 nitrogen and oxygen atoms in total. The second-order valence-electron chi connectivity index (χ2n) is 7.20. The van der Waals surface area contributed by atoms with Crippen molar-refractivity contribution < 1.29 is 45.0 Å². The van der Waals surface area contributed by atoms with Gasteiger partial charge in [-0.1, -0.05) is 0 Å². The molecule has 4 fully saturated rings. The SMILES string of the molecule is O=C(CCC(F)(F)C(F)(F)[SH](=O)=O)OC1C2CC3CC(C2)C(=O)OC1C3. The van der Waals surface area contributed by atoms with Gasteiger partial charge in [0.15, 0.2) is 0 Å². The summed E-state index contributed by atoms with van der Waals surface area (Å²) < 4.78 is 83.9. The summed E-state index contributed by atoms with van der Waals surface area (Å²) in [5.41, 5.74) is 0. The quantitative estimate of drug-likeness (QED) is 0.415. The van der Waals surface area contributed by atoms with Crippen molar-refractivity contribution >= 4 is 22.6 Å². The van der Waals surface area contributed by atoms with Gasteiger partial charge in [0.05, 0.1) is 12.3 Å². The summed E-state index contributed by atoms with van der Waals surface area (Å²) in [5.74, 6) is -6.49. The van der Waals surface area contributed by atoms with Crippen LogP contribution >= 0.6 is 0 Å². The minimum Gasteiger partial charge on any atom is -0.458 e. The van der Waals surface area contributed by atoms with E-state index in [0.717, 1.165) is 12.8 Å². The van der Waals surface area contributed by atoms with Crippen LogP contribution in [0, 0.1) is 17.8 Å². The van der Waals surface area contributed by atoms with E-state index in [1.807, 2.05) is 0 Å². The fraction of sp³-hybridized carbons (Fsp3) is 0.867. The molecule has 2 aliphatic heterocycles. The lowest BCUT2D eigenvalue weighted by molar-refractivity contribution is -0.180. The van der Waals surface area contributed by atoms with Gasteiger partial charge in [0.1, 0.15) is 12.2 Å². The summed E-state index contributed by atoms with van der Waals surface area (Å²) in [5, 5.41) is -5.24. The fourth-order valence-corrected chi connectivity index (χ4v) is 4.57. The van der Waals surface area contributed by atoms with Gasteiger partial charge in [0, 0.05) is 12.3 Å². The number of thiol groups is 1. The molecule has 5 unspecified atom stereocenters. The van der Waals surface area contributed by atoms with Crippen molar-refractivity contribution in [3.63, 3.8) is 0 Å². The van der Waals surface area contributed by atoms with Crippen LogP contribution in [-0.4, -0.2) is 43.7 Å². The maximum atomic E-state index is 13.4. The monoisotopic (exact) mass is 402 g/mol. The number of carbonyl (C=O) groups is 2. The maximum absolute atomic E-state index is 13.4. The van der Waals surface area contributed by atoms with E-state index in [1.165, 1.54) is 0 Å². The number of hydrogen-bond acceptors (Lipinski definition) is 6. The number of halogens is 4. The molecule has 26 heavy (non-hydrogen) atoms. The van der Waals surface area contributed by atoms with E-state index < -0.39 is 52.9 Å². The minimum atomic E-state index is -5.24. The Morgan fingerprint density at radius 2 is 1.85 bits per heavy atom. The molecule has 11 heteroatoms. The Labute approximate surface area is 148 Å². The summed E-state index contributed by atoms with van der Waals surface area (Å²) in [6.07, 6.45) is -1.71. The standard InChI is InChI=1S/C15H18F4O6S/c16-14(17,15(18,19)26(22)23)2-1-11(20)25-12-8-3-7-4-9(6-8)13(21)24-10(12)5-7/h7-10,12,26H,1-6H2. The Balaban J connectivity index is 1.61. The molecule has 2 heterocycles. The second kappa shape index (κ2) is 6.65. The Morgan fingerprint density at radius 3 is 2.50 bits per heavy atom. The molecular weight excluding hydrogens is 384 g/mol. The van der Waals surface area contributed by atoms with E-state index >= 15 is 0 Å². The zero-order chi connectivity index (χ0) is 19.3. The van der Waals surface area contributed by atoms with Gasteiger partial charge in [-0.3, -0.25) is 9.59 Å². The van der Waals surface area contributed by atoms with Crippen molar-refractivity contribution in [1.29, 1.82) is 0 Å². The summed E-state index contributed by atoms with van der Waals surface area (Å²) >= 11 is 0. The Morgan fingerprint density at radius 1 is 1.15 bits per heavy atom. The Kier molecular flexibility index (Phi) is 4.95. The van der Waals surface area contributed by atoms with E-state index in [0.29, 0.717) is 12.8 Å². The Bertz CT molecular complexity index is 671. The minimum absolute atomic E-state index is 0.133. The molecule has 5 atom stereocenters. The van der Waals surface area contributed by atoms with Crippen LogP contribution in [0.25, 0.3) is 0 Å². The highest BCUT2D eigenvalue weighted by Gasteiger charge is 2.59. The number of fused-ring (bicyclic) bond motifs is 1. The van der Waals surface area contributed by atoms with Crippen LogP contribution in [0.1, 0.15) is 38.5 Å². The van der Waals surface area contributed by atoms with Crippen molar-refractivity contribution in [2.45, 2.75) is 61.9 Å². The van der Waals surface area contributed by atoms with E-state index in [9.17, 15) is 35.6 Å². The molecule has 4 bridgehead atoms. The lowest BCUT2D eigenvalue weighted by Gasteiger charge is -2.41. The zero-order valence-electron chi connectivity index (χ0n) is 13.5. The zero-order valence-corrected chi connectivity index (χ0v) is 14.4. The normalized spacial score (nSPS) is 33.9. The average Bonchev–Trinajstić information content (AvgIpc) is 2.70. The van der Waals surface area contributed by atoms with E-state index in [-0.39, 0.29) is 23.7 Å². The number of esters is 2. The van der Waals surface area contributed by atoms with Crippen LogP contribution in [-0.2, 0) is 29.8 Å². The lowest BCUT2D eigenvalue weighted by atomic mass is 9.67. The molecule has 0 amide bonds. The molecule has 148 valence electrons. The molecule has 0 radical (unpaired) electrons. The van der Waals surface area contributed by atoms with Crippen molar-refractivity contribution in [2.75, 3.05) is 0 Å². The van der Waals surface area contributed by atoms with E-state index in [2.05, 4.69) is 0 Å². The first-order valence-corrected chi connectivity index (χ1v) is 9.49. The van der Waals surface area contributed by atoms with Crippen molar-refractivity contribution in [2.24, 2.45) is 17.8 Å². The molecular formula is C15H18F4O6S. The topological polar surface area (TPSA) is 86.7 Å². The third-order valence-electron chi connectivity index (χ3n) is 5.42. The molecule has 4 rings (SSSR count). The molecule has 2 saturated carbocycles. The lowest BCUT2D eigenvalue weighted by Crippen LogP contribution is -2.46. The third-order valence-corrected chi connectivity index (χ3v) is 6.20. The van der Waals surface area contributed by atoms with Gasteiger partial charge in [-0.15, -0.1) is 0 Å². The van der Waals surface area contributed by atoms with E-state index in [1.54, 1.807) is 0 Å². The van der Waals surface area contributed by atoms with Crippen LogP contribution in [0.4, 0.5) is 17.6 Å².